The van der Waals surface area contributed by atoms with Crippen LogP contribution < -0.4 is 5.56 Å². The van der Waals surface area contributed by atoms with Gasteiger partial charge in [-0.3, -0.25) is 4.79 Å². The van der Waals surface area contributed by atoms with E-state index in [2.05, 4.69) is 17.6 Å². The van der Waals surface area contributed by atoms with Gasteiger partial charge in [-0.05, 0) is 23.8 Å². The fraction of sp³-hybridized carbons (Fsp3) is 0.222. The van der Waals surface area contributed by atoms with Crippen LogP contribution in [0.25, 0.3) is 6.08 Å². The van der Waals surface area contributed by atoms with Crippen LogP contribution in [0.3, 0.4) is 0 Å². The van der Waals surface area contributed by atoms with Crippen molar-refractivity contribution < 1.29 is 5.11 Å². The zero-order valence-corrected chi connectivity index (χ0v) is 7.92. The fourth-order valence-electron chi connectivity index (χ4n) is 0.878. The van der Waals surface area contributed by atoms with E-state index in [-0.39, 0.29) is 5.75 Å². The van der Waals surface area contributed by atoms with E-state index in [1.165, 1.54) is 6.07 Å². The molecule has 1 aromatic heterocycles. The first-order valence-electron chi connectivity index (χ1n) is 3.93. The van der Waals surface area contributed by atoms with E-state index >= 15 is 0 Å². The van der Waals surface area contributed by atoms with E-state index in [0.29, 0.717) is 0 Å². The summed E-state index contributed by atoms with van der Waals surface area (Å²) in [6.45, 7) is 0. The average molecular weight is 197 g/mol. The van der Waals surface area contributed by atoms with E-state index in [0.717, 1.165) is 17.7 Å². The molecule has 1 rings (SSSR count). The topological polar surface area (TPSA) is 53.1 Å². The molecule has 0 radical (unpaired) electrons. The summed E-state index contributed by atoms with van der Waals surface area (Å²) in [7, 11) is 0. The van der Waals surface area contributed by atoms with Crippen LogP contribution >= 0.6 is 12.6 Å². The molecule has 0 spiro atoms. The lowest BCUT2D eigenvalue weighted by molar-refractivity contribution is 0.466. The molecule has 0 aromatic carbocycles. The Morgan fingerprint density at radius 1 is 1.62 bits per heavy atom. The SMILES string of the molecule is O=c1[nH]cc(C=CCCS)cc1O. The summed E-state index contributed by atoms with van der Waals surface area (Å²) in [6.07, 6.45) is 6.17. The third kappa shape index (κ3) is 2.99. The molecule has 0 saturated carbocycles. The van der Waals surface area contributed by atoms with Crippen molar-refractivity contribution in [3.63, 3.8) is 0 Å². The summed E-state index contributed by atoms with van der Waals surface area (Å²) in [5, 5.41) is 9.06. The van der Waals surface area contributed by atoms with E-state index < -0.39 is 5.56 Å². The Morgan fingerprint density at radius 3 is 3.00 bits per heavy atom. The Hall–Kier alpha value is -1.16. The molecule has 13 heavy (non-hydrogen) atoms. The second-order valence-corrected chi connectivity index (χ2v) is 3.01. The molecule has 1 aromatic rings. The number of aromatic nitrogens is 1. The van der Waals surface area contributed by atoms with Gasteiger partial charge in [-0.1, -0.05) is 12.2 Å². The van der Waals surface area contributed by atoms with Crippen LogP contribution in [-0.4, -0.2) is 15.8 Å². The van der Waals surface area contributed by atoms with Crippen molar-refractivity contribution >= 4 is 18.7 Å². The monoisotopic (exact) mass is 197 g/mol. The Labute approximate surface area is 81.5 Å². The van der Waals surface area contributed by atoms with E-state index in [4.69, 9.17) is 5.11 Å². The predicted molar refractivity (Wildman–Crippen MR) is 56.2 cm³/mol. The van der Waals surface area contributed by atoms with Crippen molar-refractivity contribution in [2.75, 3.05) is 5.75 Å². The van der Waals surface area contributed by atoms with Crippen LogP contribution in [0.5, 0.6) is 5.75 Å². The highest BCUT2D eigenvalue weighted by Crippen LogP contribution is 2.05. The molecule has 3 nitrogen and oxygen atoms in total. The standard InChI is InChI=1S/C9H11NO2S/c11-8-5-7(3-1-2-4-13)6-10-9(8)12/h1,3,5-6,11,13H,2,4H2,(H,10,12). The first kappa shape index (κ1) is 9.92. The van der Waals surface area contributed by atoms with Crippen molar-refractivity contribution in [1.82, 2.24) is 4.98 Å². The maximum atomic E-state index is 10.8. The molecule has 0 saturated heterocycles. The van der Waals surface area contributed by atoms with Crippen molar-refractivity contribution in [3.8, 4) is 5.75 Å². The fourth-order valence-corrected chi connectivity index (χ4v) is 1.03. The van der Waals surface area contributed by atoms with E-state index in [9.17, 15) is 4.79 Å². The minimum absolute atomic E-state index is 0.256. The quantitative estimate of drug-likeness (QED) is 0.642. The largest absolute Gasteiger partial charge is 0.503 e. The van der Waals surface area contributed by atoms with Crippen LogP contribution in [-0.2, 0) is 0 Å². The van der Waals surface area contributed by atoms with Gasteiger partial charge in [0, 0.05) is 6.20 Å². The number of H-pyrrole nitrogens is 1. The van der Waals surface area contributed by atoms with Gasteiger partial charge in [0.2, 0.25) is 0 Å². The highest BCUT2D eigenvalue weighted by molar-refractivity contribution is 7.80. The summed E-state index contributed by atoms with van der Waals surface area (Å²) in [6, 6.07) is 1.42. The first-order chi connectivity index (χ1) is 6.24. The van der Waals surface area contributed by atoms with Crippen LogP contribution in [0.15, 0.2) is 23.1 Å². The lowest BCUT2D eigenvalue weighted by Gasteiger charge is -1.93. The number of aromatic amines is 1. The van der Waals surface area contributed by atoms with Gasteiger partial charge in [0.05, 0.1) is 0 Å². The molecule has 0 amide bonds. The van der Waals surface area contributed by atoms with Gasteiger partial charge in [0.1, 0.15) is 0 Å². The minimum atomic E-state index is -0.466. The van der Waals surface area contributed by atoms with Crippen LogP contribution in [0, 0.1) is 0 Å². The minimum Gasteiger partial charge on any atom is -0.503 e. The molecule has 0 bridgehead atoms. The molecule has 70 valence electrons. The van der Waals surface area contributed by atoms with E-state index in [1.54, 1.807) is 6.20 Å². The summed E-state index contributed by atoms with van der Waals surface area (Å²) < 4.78 is 0. The van der Waals surface area contributed by atoms with Gasteiger partial charge in [-0.15, -0.1) is 0 Å². The second-order valence-electron chi connectivity index (χ2n) is 2.56. The Balaban J connectivity index is 2.79. The summed E-state index contributed by atoms with van der Waals surface area (Å²) in [4.78, 5) is 13.2. The molecule has 0 aliphatic carbocycles. The lowest BCUT2D eigenvalue weighted by Crippen LogP contribution is -2.03. The van der Waals surface area contributed by atoms with Crippen LogP contribution in [0.2, 0.25) is 0 Å². The molecule has 0 aliphatic rings. The van der Waals surface area contributed by atoms with Gasteiger partial charge in [-0.25, -0.2) is 0 Å². The van der Waals surface area contributed by atoms with Crippen molar-refractivity contribution in [3.05, 3.63) is 34.3 Å². The third-order valence-corrected chi connectivity index (χ3v) is 1.77. The first-order valence-corrected chi connectivity index (χ1v) is 4.56. The number of hydrogen-bond acceptors (Lipinski definition) is 3. The number of allylic oxidation sites excluding steroid dienone is 1. The van der Waals surface area contributed by atoms with Crippen LogP contribution in [0.4, 0.5) is 0 Å². The van der Waals surface area contributed by atoms with Gasteiger partial charge >= 0.3 is 0 Å². The normalized spacial score (nSPS) is 10.8. The van der Waals surface area contributed by atoms with Crippen molar-refractivity contribution in [1.29, 1.82) is 0 Å². The number of rotatable bonds is 3. The molecule has 2 N–H and O–H groups in total. The maximum absolute atomic E-state index is 10.8. The maximum Gasteiger partial charge on any atom is 0.290 e. The van der Waals surface area contributed by atoms with Gasteiger partial charge < -0.3 is 10.1 Å². The molecular formula is C9H11NO2S. The Kier molecular flexibility index (Phi) is 3.64. The zero-order valence-electron chi connectivity index (χ0n) is 7.03. The Bertz CT molecular complexity index is 357. The number of hydrogen-bond donors (Lipinski definition) is 3. The number of aromatic hydroxyl groups is 1. The molecule has 4 heteroatoms. The second kappa shape index (κ2) is 4.77. The smallest absolute Gasteiger partial charge is 0.290 e. The van der Waals surface area contributed by atoms with Gasteiger partial charge in [0.25, 0.3) is 5.56 Å². The number of thiol groups is 1. The zero-order chi connectivity index (χ0) is 9.68. The highest BCUT2D eigenvalue weighted by Gasteiger charge is 1.94. The average Bonchev–Trinajstić information content (AvgIpc) is 2.12. The van der Waals surface area contributed by atoms with Gasteiger partial charge in [-0.2, -0.15) is 12.6 Å². The molecule has 1 heterocycles. The summed E-state index contributed by atoms with van der Waals surface area (Å²) >= 11 is 4.05. The molecular weight excluding hydrogens is 186 g/mol. The third-order valence-electron chi connectivity index (χ3n) is 1.51. The van der Waals surface area contributed by atoms with Crippen molar-refractivity contribution in [2.24, 2.45) is 0 Å². The molecule has 0 fully saturated rings. The predicted octanol–water partition coefficient (Wildman–Crippen LogP) is 1.41. The summed E-state index contributed by atoms with van der Waals surface area (Å²) in [5.41, 5.74) is 0.310. The summed E-state index contributed by atoms with van der Waals surface area (Å²) in [5.74, 6) is 0.527. The molecule has 0 unspecified atom stereocenters. The lowest BCUT2D eigenvalue weighted by atomic mass is 10.2. The highest BCUT2D eigenvalue weighted by atomic mass is 32.1. The van der Waals surface area contributed by atoms with Crippen LogP contribution in [0.1, 0.15) is 12.0 Å². The molecule has 0 atom stereocenters. The number of pyridine rings is 1. The van der Waals surface area contributed by atoms with Gasteiger partial charge in [0.15, 0.2) is 5.75 Å². The van der Waals surface area contributed by atoms with E-state index in [1.807, 2.05) is 12.2 Å². The Morgan fingerprint density at radius 2 is 2.38 bits per heavy atom. The molecule has 0 aliphatic heterocycles. The van der Waals surface area contributed by atoms with Crippen molar-refractivity contribution in [2.45, 2.75) is 6.42 Å². The number of nitrogens with one attached hydrogen (secondary N) is 1.